The third-order valence-corrected chi connectivity index (χ3v) is 3.23. The van der Waals surface area contributed by atoms with E-state index in [1.54, 1.807) is 19.1 Å². The molecule has 106 valence electrons. The second-order valence-electron chi connectivity index (χ2n) is 5.09. The van der Waals surface area contributed by atoms with Crippen LogP contribution in [0.5, 0.6) is 0 Å². The van der Waals surface area contributed by atoms with Gasteiger partial charge in [-0.05, 0) is 44.9 Å². The van der Waals surface area contributed by atoms with Gasteiger partial charge in [0.2, 0.25) is 5.76 Å². The Bertz CT molecular complexity index is 425. The van der Waals surface area contributed by atoms with Crippen LogP contribution in [-0.2, 0) is 11.3 Å². The maximum Gasteiger partial charge on any atom is 0.374 e. The minimum absolute atomic E-state index is 0.230. The average Bonchev–Trinajstić information content (AvgIpc) is 3.10. The second-order valence-corrected chi connectivity index (χ2v) is 5.09. The molecule has 0 amide bonds. The van der Waals surface area contributed by atoms with Gasteiger partial charge in [0.05, 0.1) is 19.3 Å². The van der Waals surface area contributed by atoms with Crippen molar-refractivity contribution in [1.82, 2.24) is 4.90 Å². The van der Waals surface area contributed by atoms with Crippen LogP contribution < -0.4 is 0 Å². The molecule has 0 aromatic carbocycles. The summed E-state index contributed by atoms with van der Waals surface area (Å²) >= 11 is 0. The van der Waals surface area contributed by atoms with Gasteiger partial charge in [-0.25, -0.2) is 4.79 Å². The standard InChI is InChI=1S/C14H21NO4/c1-3-18-14(17)13-7-6-11(19-13)8-15(2)9-12(16)10-4-5-10/h6-7,10,12,16H,3-5,8-9H2,1-2H3. The molecule has 2 rings (SSSR count). The van der Waals surface area contributed by atoms with Crippen LogP contribution in [0.3, 0.4) is 0 Å². The van der Waals surface area contributed by atoms with E-state index in [-0.39, 0.29) is 11.9 Å². The molecule has 1 fully saturated rings. The first kappa shape index (κ1) is 14.1. The van der Waals surface area contributed by atoms with E-state index in [9.17, 15) is 9.90 Å². The number of nitrogens with zero attached hydrogens (tertiary/aromatic N) is 1. The molecule has 1 N–H and O–H groups in total. The number of aliphatic hydroxyl groups is 1. The number of ether oxygens (including phenoxy) is 1. The van der Waals surface area contributed by atoms with Gasteiger partial charge < -0.3 is 14.3 Å². The van der Waals surface area contributed by atoms with Crippen molar-refractivity contribution in [3.63, 3.8) is 0 Å². The lowest BCUT2D eigenvalue weighted by atomic mass is 10.2. The van der Waals surface area contributed by atoms with Gasteiger partial charge in [0.1, 0.15) is 5.76 Å². The molecule has 1 saturated carbocycles. The first-order chi connectivity index (χ1) is 9.10. The van der Waals surface area contributed by atoms with Crippen molar-refractivity contribution in [1.29, 1.82) is 0 Å². The fraction of sp³-hybridized carbons (Fsp3) is 0.643. The van der Waals surface area contributed by atoms with Gasteiger partial charge in [-0.1, -0.05) is 0 Å². The highest BCUT2D eigenvalue weighted by molar-refractivity contribution is 5.86. The summed E-state index contributed by atoms with van der Waals surface area (Å²) < 4.78 is 10.3. The van der Waals surface area contributed by atoms with Crippen LogP contribution in [0.15, 0.2) is 16.5 Å². The molecule has 0 radical (unpaired) electrons. The number of carbonyl (C=O) groups excluding carboxylic acids is 1. The Kier molecular flexibility index (Phi) is 4.61. The van der Waals surface area contributed by atoms with Crippen molar-refractivity contribution in [3.05, 3.63) is 23.7 Å². The monoisotopic (exact) mass is 267 g/mol. The highest BCUT2D eigenvalue weighted by Gasteiger charge is 2.30. The summed E-state index contributed by atoms with van der Waals surface area (Å²) in [5.74, 6) is 0.963. The summed E-state index contributed by atoms with van der Waals surface area (Å²) in [6.45, 7) is 3.29. The molecule has 1 aliphatic rings. The predicted octanol–water partition coefficient (Wildman–Crippen LogP) is 1.66. The van der Waals surface area contributed by atoms with Gasteiger partial charge in [-0.3, -0.25) is 4.90 Å². The van der Waals surface area contributed by atoms with Crippen molar-refractivity contribution in [2.75, 3.05) is 20.2 Å². The third-order valence-electron chi connectivity index (χ3n) is 3.23. The smallest absolute Gasteiger partial charge is 0.374 e. The van der Waals surface area contributed by atoms with Gasteiger partial charge in [0, 0.05) is 6.54 Å². The average molecular weight is 267 g/mol. The lowest BCUT2D eigenvalue weighted by Gasteiger charge is -2.19. The number of furan rings is 1. The number of rotatable bonds is 7. The van der Waals surface area contributed by atoms with Crippen molar-refractivity contribution >= 4 is 5.97 Å². The minimum atomic E-state index is -0.436. The van der Waals surface area contributed by atoms with Crippen LogP contribution in [0.4, 0.5) is 0 Å². The lowest BCUT2D eigenvalue weighted by molar-refractivity contribution is 0.0484. The van der Waals surface area contributed by atoms with Crippen molar-refractivity contribution in [3.8, 4) is 0 Å². The Hall–Kier alpha value is -1.33. The molecule has 5 heteroatoms. The molecule has 5 nitrogen and oxygen atoms in total. The van der Waals surface area contributed by atoms with Gasteiger partial charge in [0.15, 0.2) is 0 Å². The maximum absolute atomic E-state index is 11.4. The molecule has 0 aliphatic heterocycles. The normalized spacial score (nSPS) is 16.6. The molecule has 0 spiro atoms. The first-order valence-corrected chi connectivity index (χ1v) is 6.72. The number of esters is 1. The van der Waals surface area contributed by atoms with Gasteiger partial charge >= 0.3 is 5.97 Å². The van der Waals surface area contributed by atoms with Crippen LogP contribution in [0.25, 0.3) is 0 Å². The Balaban J connectivity index is 1.83. The molecule has 1 aromatic rings. The zero-order valence-electron chi connectivity index (χ0n) is 11.5. The SMILES string of the molecule is CCOC(=O)c1ccc(CN(C)CC(O)C2CC2)o1. The topological polar surface area (TPSA) is 62.9 Å². The van der Waals surface area contributed by atoms with Crippen LogP contribution in [0.2, 0.25) is 0 Å². The largest absolute Gasteiger partial charge is 0.460 e. The van der Waals surface area contributed by atoms with Gasteiger partial charge in [0.25, 0.3) is 0 Å². The van der Waals surface area contributed by atoms with E-state index >= 15 is 0 Å². The van der Waals surface area contributed by atoms with Crippen LogP contribution in [0.1, 0.15) is 36.1 Å². The highest BCUT2D eigenvalue weighted by Crippen LogP contribution is 2.32. The summed E-state index contributed by atoms with van der Waals surface area (Å²) in [5.41, 5.74) is 0. The molecular formula is C14H21NO4. The molecule has 0 bridgehead atoms. The molecule has 1 heterocycles. The van der Waals surface area contributed by atoms with E-state index < -0.39 is 5.97 Å². The second kappa shape index (κ2) is 6.21. The van der Waals surface area contributed by atoms with E-state index in [2.05, 4.69) is 0 Å². The number of carbonyl (C=O) groups is 1. The summed E-state index contributed by atoms with van der Waals surface area (Å²) in [6.07, 6.45) is 2.00. The first-order valence-electron chi connectivity index (χ1n) is 6.72. The summed E-state index contributed by atoms with van der Waals surface area (Å²) in [6, 6.07) is 3.39. The van der Waals surface area contributed by atoms with E-state index in [1.807, 2.05) is 11.9 Å². The fourth-order valence-corrected chi connectivity index (χ4v) is 2.05. The molecule has 0 saturated heterocycles. The molecular weight excluding hydrogens is 246 g/mol. The van der Waals surface area contributed by atoms with Crippen LogP contribution in [-0.4, -0.2) is 42.3 Å². The lowest BCUT2D eigenvalue weighted by Crippen LogP contribution is -2.29. The van der Waals surface area contributed by atoms with Crippen molar-refractivity contribution < 1.29 is 19.1 Å². The highest BCUT2D eigenvalue weighted by atomic mass is 16.5. The van der Waals surface area contributed by atoms with Crippen molar-refractivity contribution in [2.24, 2.45) is 5.92 Å². The van der Waals surface area contributed by atoms with Crippen LogP contribution >= 0.6 is 0 Å². The quantitative estimate of drug-likeness (QED) is 0.761. The Morgan fingerprint density at radius 1 is 1.58 bits per heavy atom. The van der Waals surface area contributed by atoms with Crippen LogP contribution in [0, 0.1) is 5.92 Å². The number of hydrogen-bond acceptors (Lipinski definition) is 5. The minimum Gasteiger partial charge on any atom is -0.460 e. The Morgan fingerprint density at radius 2 is 2.32 bits per heavy atom. The molecule has 1 aliphatic carbocycles. The molecule has 19 heavy (non-hydrogen) atoms. The maximum atomic E-state index is 11.4. The van der Waals surface area contributed by atoms with E-state index in [0.29, 0.717) is 31.4 Å². The van der Waals surface area contributed by atoms with E-state index in [1.165, 1.54) is 0 Å². The van der Waals surface area contributed by atoms with E-state index in [4.69, 9.17) is 9.15 Å². The fourth-order valence-electron chi connectivity index (χ4n) is 2.05. The number of likely N-dealkylation sites (N-methyl/N-ethyl adjacent to an activating group) is 1. The molecule has 1 atom stereocenters. The Morgan fingerprint density at radius 3 is 2.95 bits per heavy atom. The Labute approximate surface area is 113 Å². The summed E-state index contributed by atoms with van der Waals surface area (Å²) in [4.78, 5) is 13.4. The summed E-state index contributed by atoms with van der Waals surface area (Å²) in [7, 11) is 1.93. The zero-order chi connectivity index (χ0) is 13.8. The number of hydrogen-bond donors (Lipinski definition) is 1. The predicted molar refractivity (Wildman–Crippen MR) is 69.7 cm³/mol. The zero-order valence-corrected chi connectivity index (χ0v) is 11.5. The third kappa shape index (κ3) is 4.08. The summed E-state index contributed by atoms with van der Waals surface area (Å²) in [5, 5.41) is 9.85. The van der Waals surface area contributed by atoms with Crippen molar-refractivity contribution in [2.45, 2.75) is 32.4 Å². The molecule has 1 unspecified atom stereocenters. The number of aliphatic hydroxyl groups excluding tert-OH is 1. The molecule has 1 aromatic heterocycles. The van der Waals surface area contributed by atoms with Gasteiger partial charge in [-0.2, -0.15) is 0 Å². The van der Waals surface area contributed by atoms with Gasteiger partial charge in [-0.15, -0.1) is 0 Å². The van der Waals surface area contributed by atoms with E-state index in [0.717, 1.165) is 12.8 Å².